The van der Waals surface area contributed by atoms with Gasteiger partial charge in [0.1, 0.15) is 5.75 Å². The van der Waals surface area contributed by atoms with Crippen molar-refractivity contribution in [2.75, 3.05) is 13.7 Å². The first-order chi connectivity index (χ1) is 14.1. The van der Waals surface area contributed by atoms with Crippen molar-refractivity contribution in [3.63, 3.8) is 0 Å². The Bertz CT molecular complexity index is 890. The normalized spacial score (nSPS) is 10.6. The van der Waals surface area contributed by atoms with E-state index in [0.29, 0.717) is 12.5 Å². The number of rotatable bonds is 7. The Labute approximate surface area is 172 Å². The summed E-state index contributed by atoms with van der Waals surface area (Å²) >= 11 is 0. The highest BCUT2D eigenvalue weighted by molar-refractivity contribution is 5.89. The lowest BCUT2D eigenvalue weighted by Crippen LogP contribution is -2.00. The molecule has 0 unspecified atom stereocenters. The number of nitro groups is 2. The average molecular weight is 418 g/mol. The molecule has 0 radical (unpaired) electrons. The third-order valence-corrected chi connectivity index (χ3v) is 3.93. The van der Waals surface area contributed by atoms with Gasteiger partial charge in [-0.25, -0.2) is 4.79 Å². The maximum Gasteiger partial charge on any atom is 0.336 e. The Morgan fingerprint density at radius 1 is 1.10 bits per heavy atom. The second-order valence-corrected chi connectivity index (χ2v) is 6.16. The van der Waals surface area contributed by atoms with E-state index in [4.69, 9.17) is 14.9 Å². The van der Waals surface area contributed by atoms with Crippen LogP contribution in [0.1, 0.15) is 34.8 Å². The molecule has 0 atom stereocenters. The second-order valence-electron chi connectivity index (χ2n) is 6.16. The van der Waals surface area contributed by atoms with Crippen LogP contribution >= 0.6 is 0 Å². The number of carbonyl (C=O) groups is 1. The molecular weight excluding hydrogens is 396 g/mol. The van der Waals surface area contributed by atoms with Crippen molar-refractivity contribution < 1.29 is 29.6 Å². The minimum atomic E-state index is -1.46. The smallest absolute Gasteiger partial charge is 0.336 e. The van der Waals surface area contributed by atoms with Crippen molar-refractivity contribution in [1.29, 1.82) is 0 Å². The molecule has 0 bridgehead atoms. The summed E-state index contributed by atoms with van der Waals surface area (Å²) in [5.74, 6) is -0.566. The number of ether oxygens (including phenoxy) is 1. The minimum absolute atomic E-state index is 0.186. The highest BCUT2D eigenvalue weighted by Crippen LogP contribution is 2.27. The number of aryl methyl sites for hydroxylation is 1. The standard InChI is InChI=1S/C13H18O2.C7H4N2O6/c1-10-6-7-12(13(9-10)15-3)11(2)5-4-8-14;10-7(11)4-1-5(8(12)13)3-6(2-4)9(14)15/h5-7,9,14H,4,8H2,1-3H3;1-3H,(H,10,11). The van der Waals surface area contributed by atoms with Crippen molar-refractivity contribution >= 4 is 22.9 Å². The molecule has 0 aliphatic heterocycles. The van der Waals surface area contributed by atoms with Crippen LogP contribution in [0.5, 0.6) is 5.75 Å². The zero-order valence-electron chi connectivity index (χ0n) is 16.7. The number of allylic oxidation sites excluding steroid dienone is 1. The zero-order valence-corrected chi connectivity index (χ0v) is 16.7. The molecule has 10 heteroatoms. The van der Waals surface area contributed by atoms with Crippen LogP contribution in [0, 0.1) is 27.2 Å². The number of nitro benzene ring substituents is 2. The van der Waals surface area contributed by atoms with Gasteiger partial charge in [-0.2, -0.15) is 0 Å². The van der Waals surface area contributed by atoms with Crippen LogP contribution in [0.2, 0.25) is 0 Å². The van der Waals surface area contributed by atoms with Crippen molar-refractivity contribution in [3.8, 4) is 5.75 Å². The molecule has 10 nitrogen and oxygen atoms in total. The maximum atomic E-state index is 10.5. The molecule has 0 aliphatic rings. The molecule has 0 heterocycles. The second kappa shape index (κ2) is 11.3. The summed E-state index contributed by atoms with van der Waals surface area (Å²) in [4.78, 5) is 29.4. The number of nitrogens with zero attached hydrogens (tertiary/aromatic N) is 2. The summed E-state index contributed by atoms with van der Waals surface area (Å²) in [5, 5.41) is 38.0. The Balaban J connectivity index is 0.000000300. The fraction of sp³-hybridized carbons (Fsp3) is 0.250. The Morgan fingerprint density at radius 3 is 2.10 bits per heavy atom. The molecule has 0 aromatic heterocycles. The van der Waals surface area contributed by atoms with Crippen LogP contribution < -0.4 is 4.74 Å². The number of aliphatic hydroxyl groups excluding tert-OH is 1. The fourth-order valence-corrected chi connectivity index (χ4v) is 2.44. The quantitative estimate of drug-likeness (QED) is 0.505. The predicted molar refractivity (Wildman–Crippen MR) is 110 cm³/mol. The maximum absolute atomic E-state index is 10.5. The zero-order chi connectivity index (χ0) is 22.8. The van der Waals surface area contributed by atoms with Crippen LogP contribution in [0.15, 0.2) is 42.5 Å². The number of benzene rings is 2. The van der Waals surface area contributed by atoms with E-state index in [1.54, 1.807) is 7.11 Å². The summed E-state index contributed by atoms with van der Waals surface area (Å²) in [7, 11) is 1.68. The third kappa shape index (κ3) is 6.99. The third-order valence-electron chi connectivity index (χ3n) is 3.93. The number of aliphatic hydroxyl groups is 1. The average Bonchev–Trinajstić information content (AvgIpc) is 2.71. The van der Waals surface area contributed by atoms with E-state index in [2.05, 4.69) is 12.1 Å². The lowest BCUT2D eigenvalue weighted by Gasteiger charge is -2.09. The van der Waals surface area contributed by atoms with Crippen molar-refractivity contribution in [2.24, 2.45) is 0 Å². The minimum Gasteiger partial charge on any atom is -0.496 e. The van der Waals surface area contributed by atoms with E-state index in [1.807, 2.05) is 26.0 Å². The van der Waals surface area contributed by atoms with Crippen LogP contribution in [0.3, 0.4) is 0 Å². The van der Waals surface area contributed by atoms with E-state index in [-0.39, 0.29) is 6.61 Å². The SMILES string of the molecule is COc1cc(C)ccc1C(C)=CCCO.O=C(O)c1cc([N+](=O)[O-])cc([N+](=O)[O-])c1. The highest BCUT2D eigenvalue weighted by Gasteiger charge is 2.19. The van der Waals surface area contributed by atoms with Gasteiger partial charge in [0.2, 0.25) is 0 Å². The van der Waals surface area contributed by atoms with Crippen molar-refractivity contribution in [2.45, 2.75) is 20.3 Å². The molecule has 0 fully saturated rings. The van der Waals surface area contributed by atoms with E-state index in [9.17, 15) is 25.0 Å². The number of aromatic carboxylic acids is 1. The summed E-state index contributed by atoms with van der Waals surface area (Å²) in [6, 6.07) is 8.36. The molecule has 30 heavy (non-hydrogen) atoms. The van der Waals surface area contributed by atoms with Gasteiger partial charge in [0.05, 0.1) is 28.6 Å². The molecule has 2 rings (SSSR count). The number of carboxylic acid groups (broad SMARTS) is 1. The number of methoxy groups -OCH3 is 1. The monoisotopic (exact) mass is 418 g/mol. The van der Waals surface area contributed by atoms with Gasteiger partial charge in [-0.1, -0.05) is 18.2 Å². The van der Waals surface area contributed by atoms with Gasteiger partial charge < -0.3 is 14.9 Å². The predicted octanol–water partition coefficient (Wildman–Crippen LogP) is 3.99. The lowest BCUT2D eigenvalue weighted by atomic mass is 10.0. The van der Waals surface area contributed by atoms with Gasteiger partial charge in [0, 0.05) is 24.3 Å². The Morgan fingerprint density at radius 2 is 1.67 bits per heavy atom. The fourth-order valence-electron chi connectivity index (χ4n) is 2.44. The topological polar surface area (TPSA) is 153 Å². The number of hydrogen-bond donors (Lipinski definition) is 2. The molecule has 0 amide bonds. The van der Waals surface area contributed by atoms with Gasteiger partial charge in [-0.3, -0.25) is 20.2 Å². The number of non-ortho nitro benzene ring substituents is 2. The van der Waals surface area contributed by atoms with Gasteiger partial charge in [-0.15, -0.1) is 0 Å². The first kappa shape index (κ1) is 24.2. The summed E-state index contributed by atoms with van der Waals surface area (Å²) in [6.07, 6.45) is 2.70. The summed E-state index contributed by atoms with van der Waals surface area (Å²) in [6.45, 7) is 4.26. The van der Waals surface area contributed by atoms with E-state index in [0.717, 1.165) is 29.0 Å². The molecule has 0 aliphatic carbocycles. The van der Waals surface area contributed by atoms with Crippen LogP contribution in [-0.4, -0.2) is 39.7 Å². The molecule has 0 spiro atoms. The molecule has 0 saturated carbocycles. The number of hydrogen-bond acceptors (Lipinski definition) is 7. The number of carboxylic acids is 1. The first-order valence-electron chi connectivity index (χ1n) is 8.70. The van der Waals surface area contributed by atoms with E-state index < -0.39 is 32.8 Å². The highest BCUT2D eigenvalue weighted by atomic mass is 16.6. The largest absolute Gasteiger partial charge is 0.496 e. The van der Waals surface area contributed by atoms with Gasteiger partial charge in [0.15, 0.2) is 0 Å². The van der Waals surface area contributed by atoms with Gasteiger partial charge in [-0.05, 0) is 37.5 Å². The molecular formula is C20H22N2O8. The van der Waals surface area contributed by atoms with Crippen LogP contribution in [0.4, 0.5) is 11.4 Å². The van der Waals surface area contributed by atoms with Crippen molar-refractivity contribution in [1.82, 2.24) is 0 Å². The summed E-state index contributed by atoms with van der Waals surface area (Å²) < 4.78 is 5.32. The van der Waals surface area contributed by atoms with Gasteiger partial charge in [0.25, 0.3) is 11.4 Å². The Hall–Kier alpha value is -3.79. The molecule has 2 aromatic rings. The first-order valence-corrected chi connectivity index (χ1v) is 8.70. The van der Waals surface area contributed by atoms with E-state index in [1.165, 1.54) is 5.56 Å². The van der Waals surface area contributed by atoms with Gasteiger partial charge >= 0.3 is 5.97 Å². The van der Waals surface area contributed by atoms with E-state index >= 15 is 0 Å². The molecule has 160 valence electrons. The molecule has 2 N–H and O–H groups in total. The molecule has 0 saturated heterocycles. The van der Waals surface area contributed by atoms with Crippen LogP contribution in [0.25, 0.3) is 5.57 Å². The lowest BCUT2D eigenvalue weighted by molar-refractivity contribution is -0.394. The van der Waals surface area contributed by atoms with Crippen molar-refractivity contribution in [3.05, 3.63) is 79.4 Å². The van der Waals surface area contributed by atoms with Crippen LogP contribution in [-0.2, 0) is 0 Å². The summed E-state index contributed by atoms with van der Waals surface area (Å²) in [5.41, 5.74) is 1.68. The Kier molecular flexibility index (Phi) is 9.11. The molecule has 2 aromatic carbocycles.